The predicted octanol–water partition coefficient (Wildman–Crippen LogP) is 2.19. The Bertz CT molecular complexity index is 474. The summed E-state index contributed by atoms with van der Waals surface area (Å²) in [4.78, 5) is 22.1. The van der Waals surface area contributed by atoms with Gasteiger partial charge in [-0.3, -0.25) is 4.79 Å². The molecule has 0 heterocycles. The predicted molar refractivity (Wildman–Crippen MR) is 69.8 cm³/mol. The van der Waals surface area contributed by atoms with Crippen molar-refractivity contribution in [3.8, 4) is 0 Å². The number of carbonyl (C=O) groups excluding carboxylic acids is 1. The summed E-state index contributed by atoms with van der Waals surface area (Å²) in [7, 11) is 0. The molecule has 0 radical (unpaired) electrons. The third-order valence-electron chi connectivity index (χ3n) is 2.05. The minimum absolute atomic E-state index is 0.147. The number of amides is 2. The van der Waals surface area contributed by atoms with Gasteiger partial charge < -0.3 is 15.7 Å². The second-order valence-electron chi connectivity index (χ2n) is 3.55. The van der Waals surface area contributed by atoms with Gasteiger partial charge in [-0.05, 0) is 11.6 Å². The quantitative estimate of drug-likeness (QED) is 0.766. The topological polar surface area (TPSA) is 78.4 Å². The summed E-state index contributed by atoms with van der Waals surface area (Å²) in [6.45, 7) is 3.58. The molecule has 0 aliphatic heterocycles. The van der Waals surface area contributed by atoms with E-state index in [1.54, 1.807) is 24.3 Å². The fourth-order valence-corrected chi connectivity index (χ4v) is 1.37. The summed E-state index contributed by atoms with van der Waals surface area (Å²) < 4.78 is 0. The van der Waals surface area contributed by atoms with Crippen LogP contribution in [0.3, 0.4) is 0 Å². The molecule has 2 amide bonds. The first-order valence-electron chi connectivity index (χ1n) is 5.17. The molecule has 1 rings (SSSR count). The normalized spacial score (nSPS) is 9.61. The Morgan fingerprint density at radius 2 is 2.00 bits per heavy atom. The minimum atomic E-state index is -0.959. The maximum absolute atomic E-state index is 11.5. The van der Waals surface area contributed by atoms with Crippen molar-refractivity contribution in [3.05, 3.63) is 41.4 Å². The average Bonchev–Trinajstić information content (AvgIpc) is 2.28. The highest BCUT2D eigenvalue weighted by Crippen LogP contribution is 2.15. The molecule has 0 aromatic heterocycles. The summed E-state index contributed by atoms with van der Waals surface area (Å²) in [6, 6.07) is 6.23. The molecule has 3 N–H and O–H groups in total. The molecule has 0 saturated carbocycles. The monoisotopic (exact) mass is 268 g/mol. The molecule has 0 saturated heterocycles. The van der Waals surface area contributed by atoms with Crippen LogP contribution in [0.15, 0.2) is 35.9 Å². The number of benzene rings is 1. The van der Waals surface area contributed by atoms with Crippen molar-refractivity contribution in [2.45, 2.75) is 6.42 Å². The summed E-state index contributed by atoms with van der Waals surface area (Å²) in [5.74, 6) is -0.959. The van der Waals surface area contributed by atoms with Crippen molar-refractivity contribution in [1.82, 2.24) is 5.32 Å². The van der Waals surface area contributed by atoms with Crippen LogP contribution in [0.25, 0.3) is 0 Å². The Hall–Kier alpha value is -2.01. The van der Waals surface area contributed by atoms with E-state index in [2.05, 4.69) is 17.2 Å². The highest BCUT2D eigenvalue weighted by molar-refractivity contribution is 6.29. The van der Waals surface area contributed by atoms with Crippen molar-refractivity contribution < 1.29 is 14.7 Å². The molecular weight excluding hydrogens is 256 g/mol. The van der Waals surface area contributed by atoms with E-state index in [9.17, 15) is 9.59 Å². The maximum atomic E-state index is 11.5. The second kappa shape index (κ2) is 6.66. The van der Waals surface area contributed by atoms with E-state index in [0.717, 1.165) is 0 Å². The number of para-hydroxylation sites is 1. The van der Waals surface area contributed by atoms with Crippen molar-refractivity contribution >= 4 is 29.3 Å². The van der Waals surface area contributed by atoms with E-state index >= 15 is 0 Å². The van der Waals surface area contributed by atoms with Gasteiger partial charge in [0.05, 0.1) is 13.0 Å². The molecule has 0 fully saturated rings. The van der Waals surface area contributed by atoms with E-state index in [1.807, 2.05) is 0 Å². The van der Waals surface area contributed by atoms with Crippen LogP contribution in [0, 0.1) is 0 Å². The van der Waals surface area contributed by atoms with Gasteiger partial charge in [-0.1, -0.05) is 36.4 Å². The molecule has 0 spiro atoms. The third kappa shape index (κ3) is 4.88. The van der Waals surface area contributed by atoms with Gasteiger partial charge in [0.15, 0.2) is 0 Å². The molecule has 6 heteroatoms. The number of aliphatic carboxylic acids is 1. The average molecular weight is 269 g/mol. The lowest BCUT2D eigenvalue weighted by atomic mass is 10.1. The van der Waals surface area contributed by atoms with Crippen molar-refractivity contribution in [2.24, 2.45) is 0 Å². The first kappa shape index (κ1) is 14.1. The number of anilines is 1. The van der Waals surface area contributed by atoms with Crippen LogP contribution in [-0.2, 0) is 11.2 Å². The lowest BCUT2D eigenvalue weighted by molar-refractivity contribution is -0.136. The van der Waals surface area contributed by atoms with Gasteiger partial charge in [0.1, 0.15) is 0 Å². The van der Waals surface area contributed by atoms with Crippen LogP contribution >= 0.6 is 11.6 Å². The summed E-state index contributed by atoms with van der Waals surface area (Å²) in [6.07, 6.45) is -0.154. The van der Waals surface area contributed by atoms with Gasteiger partial charge in [0.25, 0.3) is 0 Å². The molecular formula is C12H13ClN2O3. The molecule has 1 aromatic rings. The van der Waals surface area contributed by atoms with Crippen molar-refractivity contribution in [1.29, 1.82) is 0 Å². The Labute approximate surface area is 109 Å². The van der Waals surface area contributed by atoms with Crippen LogP contribution in [0.4, 0.5) is 10.5 Å². The Morgan fingerprint density at radius 1 is 1.33 bits per heavy atom. The largest absolute Gasteiger partial charge is 0.481 e. The van der Waals surface area contributed by atoms with E-state index in [1.165, 1.54) is 0 Å². The second-order valence-corrected chi connectivity index (χ2v) is 4.09. The van der Waals surface area contributed by atoms with E-state index in [4.69, 9.17) is 16.7 Å². The summed E-state index contributed by atoms with van der Waals surface area (Å²) >= 11 is 5.51. The number of hydrogen-bond acceptors (Lipinski definition) is 2. The van der Waals surface area contributed by atoms with Crippen LogP contribution in [-0.4, -0.2) is 23.7 Å². The van der Waals surface area contributed by atoms with Crippen molar-refractivity contribution in [3.63, 3.8) is 0 Å². The van der Waals surface area contributed by atoms with Gasteiger partial charge in [0, 0.05) is 10.7 Å². The van der Waals surface area contributed by atoms with Crippen LogP contribution in [0.1, 0.15) is 5.56 Å². The number of halogens is 1. The fourth-order valence-electron chi connectivity index (χ4n) is 1.30. The fraction of sp³-hybridized carbons (Fsp3) is 0.167. The molecule has 96 valence electrons. The van der Waals surface area contributed by atoms with Gasteiger partial charge in [-0.15, -0.1) is 0 Å². The Balaban J connectivity index is 2.68. The molecule has 5 nitrogen and oxygen atoms in total. The standard InChI is InChI=1S/C12H13ClN2O3/c1-8(13)7-14-12(18)15-10-5-3-2-4-9(10)6-11(16)17/h2-5H,1,6-7H2,(H,16,17)(H2,14,15,18). The zero-order chi connectivity index (χ0) is 13.5. The van der Waals surface area contributed by atoms with Gasteiger partial charge >= 0.3 is 12.0 Å². The Morgan fingerprint density at radius 3 is 2.61 bits per heavy atom. The first-order valence-corrected chi connectivity index (χ1v) is 5.54. The number of hydrogen-bond donors (Lipinski definition) is 3. The molecule has 0 atom stereocenters. The number of carbonyl (C=O) groups is 2. The van der Waals surface area contributed by atoms with E-state index in [0.29, 0.717) is 16.3 Å². The van der Waals surface area contributed by atoms with Gasteiger partial charge in [0.2, 0.25) is 0 Å². The minimum Gasteiger partial charge on any atom is -0.481 e. The number of carboxylic acid groups (broad SMARTS) is 1. The van der Waals surface area contributed by atoms with Gasteiger partial charge in [-0.25, -0.2) is 4.79 Å². The highest BCUT2D eigenvalue weighted by atomic mass is 35.5. The van der Waals surface area contributed by atoms with E-state index in [-0.39, 0.29) is 13.0 Å². The molecule has 0 bridgehead atoms. The molecule has 1 aromatic carbocycles. The lowest BCUT2D eigenvalue weighted by Gasteiger charge is -2.10. The summed E-state index contributed by atoms with van der Waals surface area (Å²) in [5, 5.41) is 14.1. The summed E-state index contributed by atoms with van der Waals surface area (Å²) in [5.41, 5.74) is 0.988. The molecule has 0 aliphatic rings. The molecule has 18 heavy (non-hydrogen) atoms. The van der Waals surface area contributed by atoms with Crippen molar-refractivity contribution in [2.75, 3.05) is 11.9 Å². The Kier molecular flexibility index (Phi) is 5.20. The third-order valence-corrected chi connectivity index (χ3v) is 2.18. The number of carboxylic acids is 1. The van der Waals surface area contributed by atoms with Crippen LogP contribution < -0.4 is 10.6 Å². The smallest absolute Gasteiger partial charge is 0.319 e. The van der Waals surface area contributed by atoms with E-state index < -0.39 is 12.0 Å². The first-order chi connectivity index (χ1) is 8.49. The maximum Gasteiger partial charge on any atom is 0.319 e. The van der Waals surface area contributed by atoms with Gasteiger partial charge in [-0.2, -0.15) is 0 Å². The SMILES string of the molecule is C=C(Cl)CNC(=O)Nc1ccccc1CC(=O)O. The lowest BCUT2D eigenvalue weighted by Crippen LogP contribution is -2.30. The molecule has 0 unspecified atom stereocenters. The number of nitrogens with one attached hydrogen (secondary N) is 2. The van der Waals surface area contributed by atoms with Crippen LogP contribution in [0.5, 0.6) is 0 Å². The number of urea groups is 1. The highest BCUT2D eigenvalue weighted by Gasteiger charge is 2.08. The number of rotatable bonds is 5. The molecule has 0 aliphatic carbocycles. The zero-order valence-electron chi connectivity index (χ0n) is 9.57. The zero-order valence-corrected chi connectivity index (χ0v) is 10.3. The van der Waals surface area contributed by atoms with Crippen LogP contribution in [0.2, 0.25) is 0 Å².